The van der Waals surface area contributed by atoms with E-state index in [1.165, 1.54) is 9.13 Å². The van der Waals surface area contributed by atoms with Gasteiger partial charge in [-0.05, 0) is 43.2 Å². The molecular formula is C22H23N3O5. The minimum Gasteiger partial charge on any atom is -0.454 e. The van der Waals surface area contributed by atoms with Crippen LogP contribution in [0.25, 0.3) is 10.9 Å². The Kier molecular flexibility index (Phi) is 5.31. The zero-order valence-electron chi connectivity index (χ0n) is 16.9. The van der Waals surface area contributed by atoms with E-state index in [1.807, 2.05) is 26.0 Å². The fraction of sp³-hybridized carbons (Fsp3) is 0.318. The van der Waals surface area contributed by atoms with Crippen LogP contribution in [0.2, 0.25) is 0 Å². The van der Waals surface area contributed by atoms with Crippen LogP contribution in [-0.2, 0) is 17.9 Å². The lowest BCUT2D eigenvalue weighted by Crippen LogP contribution is -2.43. The smallest absolute Gasteiger partial charge is 0.332 e. The second-order valence-electron chi connectivity index (χ2n) is 7.28. The summed E-state index contributed by atoms with van der Waals surface area (Å²) in [6.45, 7) is 4.02. The molecule has 0 spiro atoms. The van der Waals surface area contributed by atoms with Gasteiger partial charge in [0, 0.05) is 12.6 Å². The van der Waals surface area contributed by atoms with Gasteiger partial charge in [0.05, 0.1) is 10.9 Å². The first-order valence-electron chi connectivity index (χ1n) is 9.89. The summed E-state index contributed by atoms with van der Waals surface area (Å²) < 4.78 is 13.2. The molecule has 2 heterocycles. The van der Waals surface area contributed by atoms with Crippen LogP contribution < -0.4 is 26.0 Å². The summed E-state index contributed by atoms with van der Waals surface area (Å²) >= 11 is 0. The lowest BCUT2D eigenvalue weighted by molar-refractivity contribution is -0.121. The number of benzene rings is 2. The average Bonchev–Trinajstić information content (AvgIpc) is 3.23. The highest BCUT2D eigenvalue weighted by Crippen LogP contribution is 2.32. The fourth-order valence-electron chi connectivity index (χ4n) is 3.51. The largest absolute Gasteiger partial charge is 0.454 e. The Morgan fingerprint density at radius 2 is 1.90 bits per heavy atom. The van der Waals surface area contributed by atoms with Gasteiger partial charge in [-0.1, -0.05) is 25.1 Å². The molecule has 0 radical (unpaired) electrons. The first kappa shape index (κ1) is 19.8. The molecule has 2 aromatic carbocycles. The minimum absolute atomic E-state index is 0.180. The quantitative estimate of drug-likeness (QED) is 0.674. The normalized spacial score (nSPS) is 13.4. The number of carbonyl (C=O) groups is 1. The van der Waals surface area contributed by atoms with Crippen molar-refractivity contribution in [2.45, 2.75) is 39.4 Å². The molecule has 30 heavy (non-hydrogen) atoms. The van der Waals surface area contributed by atoms with Crippen molar-refractivity contribution in [3.63, 3.8) is 0 Å². The number of nitrogens with zero attached hydrogens (tertiary/aromatic N) is 2. The van der Waals surface area contributed by atoms with Crippen LogP contribution in [-0.4, -0.2) is 21.8 Å². The number of carbonyl (C=O) groups excluding carboxylic acids is 1. The maximum absolute atomic E-state index is 13.1. The average molecular weight is 409 g/mol. The van der Waals surface area contributed by atoms with Crippen molar-refractivity contribution in [3.05, 3.63) is 68.9 Å². The minimum atomic E-state index is -0.480. The lowest BCUT2D eigenvalue weighted by Gasteiger charge is -2.17. The molecule has 4 rings (SSSR count). The molecule has 0 saturated carbocycles. The van der Waals surface area contributed by atoms with Crippen LogP contribution in [0.5, 0.6) is 11.5 Å². The molecule has 0 unspecified atom stereocenters. The van der Waals surface area contributed by atoms with E-state index < -0.39 is 5.69 Å². The first-order chi connectivity index (χ1) is 14.5. The number of fused-ring (bicyclic) bond motifs is 2. The fourth-order valence-corrected chi connectivity index (χ4v) is 3.51. The molecule has 1 N–H and O–H groups in total. The van der Waals surface area contributed by atoms with Crippen molar-refractivity contribution in [1.29, 1.82) is 0 Å². The number of ether oxygens (including phenoxy) is 2. The molecule has 1 aliphatic heterocycles. The Balaban J connectivity index is 1.60. The third-order valence-electron chi connectivity index (χ3n) is 5.34. The van der Waals surface area contributed by atoms with E-state index in [1.54, 1.807) is 30.3 Å². The molecule has 0 aliphatic carbocycles. The first-order valence-corrected chi connectivity index (χ1v) is 9.89. The van der Waals surface area contributed by atoms with Gasteiger partial charge in [-0.15, -0.1) is 0 Å². The molecule has 1 aromatic heterocycles. The molecule has 0 fully saturated rings. The Bertz CT molecular complexity index is 1230. The van der Waals surface area contributed by atoms with Crippen LogP contribution in [0, 0.1) is 0 Å². The van der Waals surface area contributed by atoms with Crippen molar-refractivity contribution in [1.82, 2.24) is 14.5 Å². The van der Waals surface area contributed by atoms with Gasteiger partial charge in [0.2, 0.25) is 12.7 Å². The summed E-state index contributed by atoms with van der Waals surface area (Å²) in [6.07, 6.45) is 0.629. The van der Waals surface area contributed by atoms with Crippen molar-refractivity contribution in [2.24, 2.45) is 0 Å². The summed E-state index contributed by atoms with van der Waals surface area (Å²) in [6, 6.07) is 12.0. The number of amides is 1. The highest BCUT2D eigenvalue weighted by atomic mass is 16.7. The van der Waals surface area contributed by atoms with Crippen molar-refractivity contribution < 1.29 is 14.3 Å². The Hall–Kier alpha value is -3.55. The predicted octanol–water partition coefficient (Wildman–Crippen LogP) is 2.18. The van der Waals surface area contributed by atoms with E-state index in [4.69, 9.17) is 9.47 Å². The molecule has 8 heteroatoms. The third kappa shape index (κ3) is 3.56. The van der Waals surface area contributed by atoms with Gasteiger partial charge in [-0.25, -0.2) is 4.79 Å². The summed E-state index contributed by atoms with van der Waals surface area (Å²) in [5.74, 6) is 0.995. The number of para-hydroxylation sites is 1. The van der Waals surface area contributed by atoms with Crippen LogP contribution in [0.15, 0.2) is 52.1 Å². The van der Waals surface area contributed by atoms with Crippen molar-refractivity contribution in [3.8, 4) is 11.5 Å². The van der Waals surface area contributed by atoms with E-state index in [-0.39, 0.29) is 37.4 Å². The molecule has 1 atom stereocenters. The number of nitrogens with one attached hydrogen (secondary N) is 1. The standard InChI is InChI=1S/C22H23N3O5/c1-3-14(2)25-21(27)16-6-4-5-7-17(16)24(22(25)28)12-20(26)23-11-15-8-9-18-19(10-15)30-13-29-18/h4-10,14H,3,11-13H2,1-2H3,(H,23,26)/t14-/m1/s1. The Morgan fingerprint density at radius 1 is 1.13 bits per heavy atom. The highest BCUT2D eigenvalue weighted by Gasteiger charge is 2.18. The van der Waals surface area contributed by atoms with Crippen LogP contribution in [0.1, 0.15) is 31.9 Å². The van der Waals surface area contributed by atoms with Gasteiger partial charge >= 0.3 is 5.69 Å². The second kappa shape index (κ2) is 8.06. The van der Waals surface area contributed by atoms with Gasteiger partial charge in [-0.2, -0.15) is 0 Å². The monoisotopic (exact) mass is 409 g/mol. The molecule has 1 aliphatic rings. The van der Waals surface area contributed by atoms with Crippen molar-refractivity contribution in [2.75, 3.05) is 6.79 Å². The van der Waals surface area contributed by atoms with Gasteiger partial charge < -0.3 is 14.8 Å². The van der Waals surface area contributed by atoms with Gasteiger partial charge in [0.1, 0.15) is 6.54 Å². The van der Waals surface area contributed by atoms with Crippen LogP contribution in [0.4, 0.5) is 0 Å². The maximum Gasteiger partial charge on any atom is 0.332 e. The van der Waals surface area contributed by atoms with Gasteiger partial charge in [0.15, 0.2) is 11.5 Å². The summed E-state index contributed by atoms with van der Waals surface area (Å²) in [5, 5.41) is 3.24. The molecule has 1 amide bonds. The zero-order chi connectivity index (χ0) is 21.3. The molecule has 156 valence electrons. The predicted molar refractivity (Wildman–Crippen MR) is 112 cm³/mol. The van der Waals surface area contributed by atoms with E-state index in [0.29, 0.717) is 28.8 Å². The lowest BCUT2D eigenvalue weighted by atomic mass is 10.2. The highest BCUT2D eigenvalue weighted by molar-refractivity contribution is 5.81. The van der Waals surface area contributed by atoms with E-state index >= 15 is 0 Å². The summed E-state index contributed by atoms with van der Waals surface area (Å²) in [5.41, 5.74) is 0.493. The summed E-state index contributed by atoms with van der Waals surface area (Å²) in [4.78, 5) is 38.5. The Morgan fingerprint density at radius 3 is 2.70 bits per heavy atom. The number of rotatable bonds is 6. The molecule has 0 saturated heterocycles. The topological polar surface area (TPSA) is 91.6 Å². The number of hydrogen-bond acceptors (Lipinski definition) is 5. The van der Waals surface area contributed by atoms with E-state index in [2.05, 4.69) is 5.32 Å². The number of aromatic nitrogens is 2. The molecular weight excluding hydrogens is 386 g/mol. The Labute approximate surface area is 172 Å². The third-order valence-corrected chi connectivity index (χ3v) is 5.34. The second-order valence-corrected chi connectivity index (χ2v) is 7.28. The van der Waals surface area contributed by atoms with Crippen LogP contribution >= 0.6 is 0 Å². The van der Waals surface area contributed by atoms with Gasteiger partial charge in [-0.3, -0.25) is 18.7 Å². The van der Waals surface area contributed by atoms with Gasteiger partial charge in [0.25, 0.3) is 5.56 Å². The number of hydrogen-bond donors (Lipinski definition) is 1. The maximum atomic E-state index is 13.1. The summed E-state index contributed by atoms with van der Waals surface area (Å²) in [7, 11) is 0. The molecule has 0 bridgehead atoms. The van der Waals surface area contributed by atoms with Crippen molar-refractivity contribution >= 4 is 16.8 Å². The zero-order valence-corrected chi connectivity index (χ0v) is 16.9. The van der Waals surface area contributed by atoms with E-state index in [9.17, 15) is 14.4 Å². The van der Waals surface area contributed by atoms with Crippen LogP contribution in [0.3, 0.4) is 0 Å². The SMILES string of the molecule is CC[C@@H](C)n1c(=O)c2ccccc2n(CC(=O)NCc2ccc3c(c2)OCO3)c1=O. The molecule has 3 aromatic rings. The van der Waals surface area contributed by atoms with E-state index in [0.717, 1.165) is 5.56 Å². The molecule has 8 nitrogen and oxygen atoms in total.